The Bertz CT molecular complexity index is 542. The lowest BCUT2D eigenvalue weighted by Crippen LogP contribution is -2.19. The van der Waals surface area contributed by atoms with Crippen molar-refractivity contribution in [3.05, 3.63) is 47.2 Å². The van der Waals surface area contributed by atoms with Crippen molar-refractivity contribution < 1.29 is 14.3 Å². The molecule has 0 radical (unpaired) electrons. The van der Waals surface area contributed by atoms with Crippen LogP contribution in [0.3, 0.4) is 0 Å². The summed E-state index contributed by atoms with van der Waals surface area (Å²) in [7, 11) is 0. The summed E-state index contributed by atoms with van der Waals surface area (Å²) in [5.74, 6) is -0.323. The Labute approximate surface area is 112 Å². The van der Waals surface area contributed by atoms with Crippen LogP contribution in [0.1, 0.15) is 25.3 Å². The van der Waals surface area contributed by atoms with Gasteiger partial charge in [0.15, 0.2) is 6.10 Å². The number of carbonyl (C=O) groups excluding carboxylic acids is 1. The van der Waals surface area contributed by atoms with E-state index in [1.54, 1.807) is 13.8 Å². The summed E-state index contributed by atoms with van der Waals surface area (Å²) >= 11 is 0. The first-order chi connectivity index (χ1) is 9.19. The van der Waals surface area contributed by atoms with Crippen molar-refractivity contribution in [2.75, 3.05) is 6.61 Å². The fourth-order valence-corrected chi connectivity index (χ4v) is 2.27. The van der Waals surface area contributed by atoms with Crippen LogP contribution in [0.15, 0.2) is 41.7 Å². The maximum Gasteiger partial charge on any atom is 0.338 e. The largest absolute Gasteiger partial charge is 0.479 e. The molecule has 0 N–H and O–H groups in total. The molecule has 0 aromatic heterocycles. The SMILES string of the molecule is CCOC(=O)C1=C(C)O[C@@H](C#N)[C@@H]1c1ccccc1. The lowest BCUT2D eigenvalue weighted by molar-refractivity contribution is -0.138. The maximum atomic E-state index is 12.0. The Hall–Kier alpha value is -2.28. The third-order valence-electron chi connectivity index (χ3n) is 3.08. The van der Waals surface area contributed by atoms with Gasteiger partial charge in [-0.05, 0) is 19.4 Å². The van der Waals surface area contributed by atoms with Crippen molar-refractivity contribution in [1.82, 2.24) is 0 Å². The summed E-state index contributed by atoms with van der Waals surface area (Å²) in [6.07, 6.45) is -0.679. The highest BCUT2D eigenvalue weighted by Gasteiger charge is 2.40. The van der Waals surface area contributed by atoms with Crippen molar-refractivity contribution >= 4 is 5.97 Å². The van der Waals surface area contributed by atoms with Gasteiger partial charge in [-0.1, -0.05) is 30.3 Å². The topological polar surface area (TPSA) is 59.3 Å². The minimum absolute atomic E-state index is 0.300. The lowest BCUT2D eigenvalue weighted by Gasteiger charge is -2.15. The van der Waals surface area contributed by atoms with Gasteiger partial charge in [0.2, 0.25) is 0 Å². The number of nitriles is 1. The van der Waals surface area contributed by atoms with Crippen LogP contribution < -0.4 is 0 Å². The van der Waals surface area contributed by atoms with Gasteiger partial charge in [-0.15, -0.1) is 0 Å². The summed E-state index contributed by atoms with van der Waals surface area (Å²) < 4.78 is 10.5. The first kappa shape index (κ1) is 13.2. The van der Waals surface area contributed by atoms with Crippen LogP contribution in [0, 0.1) is 11.3 Å². The maximum absolute atomic E-state index is 12.0. The lowest BCUT2D eigenvalue weighted by atomic mass is 9.88. The first-order valence-corrected chi connectivity index (χ1v) is 6.18. The molecule has 2 rings (SSSR count). The molecule has 1 aliphatic heterocycles. The average Bonchev–Trinajstić information content (AvgIpc) is 2.77. The molecule has 0 saturated heterocycles. The molecular weight excluding hydrogens is 242 g/mol. The second kappa shape index (κ2) is 5.57. The van der Waals surface area contributed by atoms with Crippen molar-refractivity contribution in [3.8, 4) is 6.07 Å². The molecule has 0 unspecified atom stereocenters. The fraction of sp³-hybridized carbons (Fsp3) is 0.333. The Morgan fingerprint density at radius 2 is 2.11 bits per heavy atom. The van der Waals surface area contributed by atoms with Crippen molar-refractivity contribution in [1.29, 1.82) is 5.26 Å². The molecular formula is C15H15NO3. The van der Waals surface area contributed by atoms with Crippen LogP contribution in [-0.4, -0.2) is 18.7 Å². The number of benzene rings is 1. The van der Waals surface area contributed by atoms with Crippen LogP contribution in [-0.2, 0) is 14.3 Å². The monoisotopic (exact) mass is 257 g/mol. The Morgan fingerprint density at radius 3 is 2.68 bits per heavy atom. The Morgan fingerprint density at radius 1 is 1.42 bits per heavy atom. The zero-order valence-corrected chi connectivity index (χ0v) is 10.9. The smallest absolute Gasteiger partial charge is 0.338 e. The molecule has 0 aliphatic carbocycles. The third-order valence-corrected chi connectivity index (χ3v) is 3.08. The second-order valence-electron chi connectivity index (χ2n) is 4.25. The minimum atomic E-state index is -0.679. The fourth-order valence-electron chi connectivity index (χ4n) is 2.27. The molecule has 1 aromatic carbocycles. The third kappa shape index (κ3) is 2.45. The summed E-state index contributed by atoms with van der Waals surface area (Å²) in [5, 5.41) is 9.19. The van der Waals surface area contributed by atoms with Crippen molar-refractivity contribution in [3.63, 3.8) is 0 Å². The zero-order valence-electron chi connectivity index (χ0n) is 10.9. The molecule has 0 amide bonds. The quantitative estimate of drug-likeness (QED) is 0.781. The molecule has 0 bridgehead atoms. The molecule has 0 saturated carbocycles. The van der Waals surface area contributed by atoms with Gasteiger partial charge < -0.3 is 9.47 Å². The molecule has 1 aliphatic rings. The number of rotatable bonds is 3. The molecule has 2 atom stereocenters. The normalized spacial score (nSPS) is 21.7. The van der Waals surface area contributed by atoms with Gasteiger partial charge in [0.05, 0.1) is 18.1 Å². The van der Waals surface area contributed by atoms with E-state index < -0.39 is 12.1 Å². The van der Waals surface area contributed by atoms with Crippen LogP contribution in [0.5, 0.6) is 0 Å². The highest BCUT2D eigenvalue weighted by atomic mass is 16.5. The van der Waals surface area contributed by atoms with Gasteiger partial charge in [0.25, 0.3) is 0 Å². The van der Waals surface area contributed by atoms with Crippen LogP contribution in [0.2, 0.25) is 0 Å². The zero-order chi connectivity index (χ0) is 13.8. The number of allylic oxidation sites excluding steroid dienone is 1. The Balaban J connectivity index is 2.41. The highest BCUT2D eigenvalue weighted by molar-refractivity contribution is 5.91. The first-order valence-electron chi connectivity index (χ1n) is 6.18. The van der Waals surface area contributed by atoms with E-state index in [0.29, 0.717) is 17.9 Å². The second-order valence-corrected chi connectivity index (χ2v) is 4.25. The summed E-state index contributed by atoms with van der Waals surface area (Å²) in [6.45, 7) is 3.75. The summed E-state index contributed by atoms with van der Waals surface area (Å²) in [6, 6.07) is 11.5. The van der Waals surface area contributed by atoms with E-state index in [1.807, 2.05) is 30.3 Å². The van der Waals surface area contributed by atoms with Crippen LogP contribution in [0.4, 0.5) is 0 Å². The molecule has 1 aromatic rings. The standard InChI is InChI=1S/C15H15NO3/c1-3-18-15(17)13-10(2)19-12(9-16)14(13)11-7-5-4-6-8-11/h4-8,12,14H,3H2,1-2H3/t12-,14-/m0/s1. The van der Waals surface area contributed by atoms with Gasteiger partial charge in [0.1, 0.15) is 11.8 Å². The van der Waals surface area contributed by atoms with Crippen molar-refractivity contribution in [2.24, 2.45) is 0 Å². The van der Waals surface area contributed by atoms with Gasteiger partial charge >= 0.3 is 5.97 Å². The van der Waals surface area contributed by atoms with Crippen LogP contribution >= 0.6 is 0 Å². The van der Waals surface area contributed by atoms with E-state index in [4.69, 9.17) is 9.47 Å². The molecule has 4 heteroatoms. The van der Waals surface area contributed by atoms with Gasteiger partial charge in [0, 0.05) is 0 Å². The van der Waals surface area contributed by atoms with E-state index in [0.717, 1.165) is 5.56 Å². The molecule has 1 heterocycles. The van der Waals surface area contributed by atoms with E-state index in [2.05, 4.69) is 6.07 Å². The van der Waals surface area contributed by atoms with E-state index in [9.17, 15) is 10.1 Å². The average molecular weight is 257 g/mol. The van der Waals surface area contributed by atoms with Gasteiger partial charge in [-0.2, -0.15) is 5.26 Å². The summed E-state index contributed by atoms with van der Waals surface area (Å²) in [4.78, 5) is 12.0. The van der Waals surface area contributed by atoms with Crippen LogP contribution in [0.25, 0.3) is 0 Å². The number of ether oxygens (including phenoxy) is 2. The number of hydrogen-bond donors (Lipinski definition) is 0. The number of esters is 1. The Kier molecular flexibility index (Phi) is 3.86. The number of carbonyl (C=O) groups is 1. The highest BCUT2D eigenvalue weighted by Crippen LogP contribution is 2.39. The molecule has 19 heavy (non-hydrogen) atoms. The van der Waals surface area contributed by atoms with E-state index in [-0.39, 0.29) is 5.92 Å². The van der Waals surface area contributed by atoms with Gasteiger partial charge in [-0.25, -0.2) is 4.79 Å². The van der Waals surface area contributed by atoms with E-state index in [1.165, 1.54) is 0 Å². The molecule has 4 nitrogen and oxygen atoms in total. The predicted molar refractivity (Wildman–Crippen MR) is 69.0 cm³/mol. The predicted octanol–water partition coefficient (Wildman–Crippen LogP) is 2.53. The molecule has 0 spiro atoms. The summed E-state index contributed by atoms with van der Waals surface area (Å²) in [5.41, 5.74) is 1.33. The van der Waals surface area contributed by atoms with E-state index >= 15 is 0 Å². The van der Waals surface area contributed by atoms with Crippen molar-refractivity contribution in [2.45, 2.75) is 25.9 Å². The van der Waals surface area contributed by atoms with Gasteiger partial charge in [-0.3, -0.25) is 0 Å². The molecule has 98 valence electrons. The molecule has 0 fully saturated rings. The minimum Gasteiger partial charge on any atom is -0.479 e. The number of hydrogen-bond acceptors (Lipinski definition) is 4. The number of nitrogens with zero attached hydrogens (tertiary/aromatic N) is 1.